The summed E-state index contributed by atoms with van der Waals surface area (Å²) in [4.78, 5) is 0. The maximum atomic E-state index is 9.23. The minimum absolute atomic E-state index is 0.0396. The Bertz CT molecular complexity index is 95.1. The van der Waals surface area contributed by atoms with Crippen LogP contribution in [0.5, 0.6) is 0 Å². The fourth-order valence-corrected chi connectivity index (χ4v) is 1.97. The molecule has 1 N–H and O–H groups in total. The minimum atomic E-state index is 0.0396. The van der Waals surface area contributed by atoms with Gasteiger partial charge in [0.1, 0.15) is 0 Å². The molecule has 1 nitrogen and oxygen atoms in total. The van der Waals surface area contributed by atoms with Gasteiger partial charge in [-0.05, 0) is 43.9 Å². The van der Waals surface area contributed by atoms with E-state index >= 15 is 0 Å². The van der Waals surface area contributed by atoms with E-state index in [0.717, 1.165) is 24.7 Å². The molecule has 0 aromatic heterocycles. The van der Waals surface area contributed by atoms with Gasteiger partial charge in [-0.3, -0.25) is 0 Å². The van der Waals surface area contributed by atoms with Gasteiger partial charge < -0.3 is 5.11 Å². The summed E-state index contributed by atoms with van der Waals surface area (Å²) in [6.45, 7) is 0. The Morgan fingerprint density at radius 3 is 2.00 bits per heavy atom. The van der Waals surface area contributed by atoms with Crippen molar-refractivity contribution in [3.63, 3.8) is 0 Å². The average molecular weight is 126 g/mol. The normalized spacial score (nSPS) is 49.7. The lowest BCUT2D eigenvalue weighted by Gasteiger charge is -2.04. The lowest BCUT2D eigenvalue weighted by molar-refractivity contribution is 0.153. The standard InChI is InChI=1S/C8H14O/c9-8-3-1-6-5-7(6)2-4-8/h6-9H,1-5H2. The van der Waals surface area contributed by atoms with Crippen molar-refractivity contribution < 1.29 is 5.11 Å². The summed E-state index contributed by atoms with van der Waals surface area (Å²) in [6.07, 6.45) is 6.24. The molecule has 2 unspecified atom stereocenters. The van der Waals surface area contributed by atoms with Gasteiger partial charge in [0.05, 0.1) is 6.10 Å². The van der Waals surface area contributed by atoms with Gasteiger partial charge in [0.15, 0.2) is 0 Å². The molecule has 0 radical (unpaired) electrons. The van der Waals surface area contributed by atoms with Gasteiger partial charge in [0.25, 0.3) is 0 Å². The van der Waals surface area contributed by atoms with Gasteiger partial charge in [-0.15, -0.1) is 0 Å². The van der Waals surface area contributed by atoms with E-state index in [0.29, 0.717) is 0 Å². The molecule has 2 aliphatic rings. The number of aliphatic hydroxyl groups is 1. The maximum absolute atomic E-state index is 9.23. The molecular weight excluding hydrogens is 112 g/mol. The van der Waals surface area contributed by atoms with Crippen LogP contribution in [0.3, 0.4) is 0 Å². The molecule has 2 fully saturated rings. The molecule has 9 heavy (non-hydrogen) atoms. The summed E-state index contributed by atoms with van der Waals surface area (Å²) in [5.41, 5.74) is 0. The lowest BCUT2D eigenvalue weighted by atomic mass is 10.1. The van der Waals surface area contributed by atoms with Gasteiger partial charge >= 0.3 is 0 Å². The first kappa shape index (κ1) is 5.72. The first-order valence-electron chi connectivity index (χ1n) is 4.04. The van der Waals surface area contributed by atoms with Gasteiger partial charge in [-0.25, -0.2) is 0 Å². The average Bonchev–Trinajstić information content (AvgIpc) is 2.54. The zero-order valence-electron chi connectivity index (χ0n) is 5.71. The molecule has 0 bridgehead atoms. The highest BCUT2D eigenvalue weighted by Gasteiger charge is 2.38. The molecular formula is C8H14O. The highest BCUT2D eigenvalue weighted by atomic mass is 16.3. The second kappa shape index (κ2) is 1.98. The number of rotatable bonds is 0. The molecule has 0 amide bonds. The molecule has 2 aliphatic carbocycles. The van der Waals surface area contributed by atoms with E-state index in [4.69, 9.17) is 0 Å². The third kappa shape index (κ3) is 1.11. The van der Waals surface area contributed by atoms with Crippen molar-refractivity contribution in [3.05, 3.63) is 0 Å². The number of aliphatic hydroxyl groups excluding tert-OH is 1. The summed E-state index contributed by atoms with van der Waals surface area (Å²) in [5.74, 6) is 2.03. The minimum Gasteiger partial charge on any atom is -0.393 e. The van der Waals surface area contributed by atoms with Gasteiger partial charge in [-0.2, -0.15) is 0 Å². The van der Waals surface area contributed by atoms with Crippen molar-refractivity contribution in [1.82, 2.24) is 0 Å². The summed E-state index contributed by atoms with van der Waals surface area (Å²) >= 11 is 0. The van der Waals surface area contributed by atoms with Crippen molar-refractivity contribution in [2.24, 2.45) is 11.8 Å². The van der Waals surface area contributed by atoms with E-state index in [1.165, 1.54) is 19.3 Å². The van der Waals surface area contributed by atoms with Gasteiger partial charge in [-0.1, -0.05) is 0 Å². The fraction of sp³-hybridized carbons (Fsp3) is 1.00. The monoisotopic (exact) mass is 126 g/mol. The van der Waals surface area contributed by atoms with E-state index in [9.17, 15) is 5.11 Å². The zero-order valence-corrected chi connectivity index (χ0v) is 5.71. The Hall–Kier alpha value is -0.0400. The predicted octanol–water partition coefficient (Wildman–Crippen LogP) is 1.56. The van der Waals surface area contributed by atoms with Gasteiger partial charge in [0, 0.05) is 0 Å². The second-order valence-corrected chi connectivity index (χ2v) is 3.56. The summed E-state index contributed by atoms with van der Waals surface area (Å²) in [6, 6.07) is 0. The van der Waals surface area contributed by atoms with Crippen LogP contribution in [-0.4, -0.2) is 11.2 Å². The van der Waals surface area contributed by atoms with Crippen LogP contribution < -0.4 is 0 Å². The van der Waals surface area contributed by atoms with E-state index in [-0.39, 0.29) is 6.10 Å². The molecule has 0 aromatic carbocycles. The van der Waals surface area contributed by atoms with E-state index in [2.05, 4.69) is 0 Å². The van der Waals surface area contributed by atoms with Crippen molar-refractivity contribution >= 4 is 0 Å². The van der Waals surface area contributed by atoms with Crippen LogP contribution in [0.1, 0.15) is 32.1 Å². The summed E-state index contributed by atoms with van der Waals surface area (Å²) in [7, 11) is 0. The SMILES string of the molecule is OC1CCC2CC2CC1. The Morgan fingerprint density at radius 1 is 0.889 bits per heavy atom. The smallest absolute Gasteiger partial charge is 0.0540 e. The molecule has 0 aromatic rings. The van der Waals surface area contributed by atoms with E-state index in [1.807, 2.05) is 0 Å². The highest BCUT2D eigenvalue weighted by Crippen LogP contribution is 2.47. The van der Waals surface area contributed by atoms with E-state index < -0.39 is 0 Å². The third-order valence-corrected chi connectivity index (χ3v) is 2.81. The number of hydrogen-bond donors (Lipinski definition) is 1. The fourth-order valence-electron chi connectivity index (χ4n) is 1.97. The Balaban J connectivity index is 1.89. The van der Waals surface area contributed by atoms with Gasteiger partial charge in [0.2, 0.25) is 0 Å². The molecule has 1 heteroatoms. The zero-order chi connectivity index (χ0) is 6.27. The molecule has 2 atom stereocenters. The summed E-state index contributed by atoms with van der Waals surface area (Å²) < 4.78 is 0. The lowest BCUT2D eigenvalue weighted by Crippen LogP contribution is -2.03. The Morgan fingerprint density at radius 2 is 1.44 bits per heavy atom. The van der Waals surface area contributed by atoms with E-state index in [1.54, 1.807) is 0 Å². The topological polar surface area (TPSA) is 20.2 Å². The molecule has 2 rings (SSSR count). The van der Waals surface area contributed by atoms with Crippen LogP contribution in [0.15, 0.2) is 0 Å². The first-order valence-corrected chi connectivity index (χ1v) is 4.04. The molecule has 52 valence electrons. The molecule has 2 saturated carbocycles. The van der Waals surface area contributed by atoms with Crippen molar-refractivity contribution in [1.29, 1.82) is 0 Å². The summed E-state index contributed by atoms with van der Waals surface area (Å²) in [5, 5.41) is 9.23. The molecule has 0 heterocycles. The van der Waals surface area contributed by atoms with Crippen molar-refractivity contribution in [2.45, 2.75) is 38.2 Å². The maximum Gasteiger partial charge on any atom is 0.0540 e. The Labute approximate surface area is 56.1 Å². The van der Waals surface area contributed by atoms with Crippen LogP contribution in [-0.2, 0) is 0 Å². The third-order valence-electron chi connectivity index (χ3n) is 2.81. The second-order valence-electron chi connectivity index (χ2n) is 3.56. The molecule has 0 saturated heterocycles. The van der Waals surface area contributed by atoms with Crippen LogP contribution in [0.4, 0.5) is 0 Å². The quantitative estimate of drug-likeness (QED) is 0.522. The van der Waals surface area contributed by atoms with Crippen molar-refractivity contribution in [2.75, 3.05) is 0 Å². The first-order chi connectivity index (χ1) is 4.36. The number of hydrogen-bond acceptors (Lipinski definition) is 1. The van der Waals surface area contributed by atoms with Crippen LogP contribution in [0, 0.1) is 11.8 Å². The van der Waals surface area contributed by atoms with Crippen LogP contribution in [0.2, 0.25) is 0 Å². The highest BCUT2D eigenvalue weighted by molar-refractivity contribution is 4.89. The largest absolute Gasteiger partial charge is 0.393 e. The molecule has 0 aliphatic heterocycles. The molecule has 0 spiro atoms. The Kier molecular flexibility index (Phi) is 1.26. The van der Waals surface area contributed by atoms with Crippen LogP contribution >= 0.6 is 0 Å². The van der Waals surface area contributed by atoms with Crippen molar-refractivity contribution in [3.8, 4) is 0 Å². The van der Waals surface area contributed by atoms with Crippen LogP contribution in [0.25, 0.3) is 0 Å². The predicted molar refractivity (Wildman–Crippen MR) is 36.1 cm³/mol. The number of fused-ring (bicyclic) bond motifs is 1.